The lowest BCUT2D eigenvalue weighted by Crippen LogP contribution is -1.94. The van der Waals surface area contributed by atoms with E-state index in [1.165, 1.54) is 0 Å². The maximum atomic E-state index is 8.85. The van der Waals surface area contributed by atoms with E-state index < -0.39 is 0 Å². The highest BCUT2D eigenvalue weighted by molar-refractivity contribution is 5.75. The number of hydrogen-bond donors (Lipinski definition) is 0. The van der Waals surface area contributed by atoms with Gasteiger partial charge in [0.05, 0.1) is 0 Å². The van der Waals surface area contributed by atoms with Crippen LogP contribution >= 0.6 is 0 Å². The Morgan fingerprint density at radius 1 is 0.680 bits per heavy atom. The summed E-state index contributed by atoms with van der Waals surface area (Å²) in [5.74, 6) is 0.486. The van der Waals surface area contributed by atoms with Gasteiger partial charge in [-0.1, -0.05) is 60.7 Å². The third-order valence-corrected chi connectivity index (χ3v) is 3.98. The van der Waals surface area contributed by atoms with Crippen molar-refractivity contribution in [2.24, 2.45) is 0 Å². The molecular weight excluding hydrogens is 312 g/mol. The summed E-state index contributed by atoms with van der Waals surface area (Å²) in [7, 11) is 0. The molecule has 0 aliphatic carbocycles. The lowest BCUT2D eigenvalue weighted by molar-refractivity contribution is 0.439. The van der Waals surface area contributed by atoms with Crippen LogP contribution in [0, 0.1) is 30.0 Å². The third kappa shape index (κ3) is 3.29. The third-order valence-electron chi connectivity index (χ3n) is 3.98. The van der Waals surface area contributed by atoms with E-state index in [-0.39, 0.29) is 11.5 Å². The molecule has 120 valence electrons. The van der Waals surface area contributed by atoms with Crippen LogP contribution in [0.3, 0.4) is 0 Å². The summed E-state index contributed by atoms with van der Waals surface area (Å²) in [4.78, 5) is 0. The molecule has 0 N–H and O–H groups in total. The minimum atomic E-state index is 0.228. The van der Waals surface area contributed by atoms with E-state index >= 15 is 0 Å². The van der Waals surface area contributed by atoms with E-state index in [4.69, 9.17) is 20.0 Å². The van der Waals surface area contributed by atoms with Gasteiger partial charge >= 0.3 is 0 Å². The average Bonchev–Trinajstić information content (AvgIpc) is 2.66. The molecule has 0 atom stereocenters. The number of ether oxygens (including phenoxy) is 2. The summed E-state index contributed by atoms with van der Waals surface area (Å²) in [6, 6.07) is 21.7. The Hall–Kier alpha value is -3.76. The van der Waals surface area contributed by atoms with Crippen molar-refractivity contribution in [3.8, 4) is 46.3 Å². The molecule has 0 heterocycles. The summed E-state index contributed by atoms with van der Waals surface area (Å²) in [6.45, 7) is 1.83. The first-order chi connectivity index (χ1) is 12.2. The Morgan fingerprint density at radius 2 is 1.28 bits per heavy atom. The molecule has 0 fully saturated rings. The smallest absolute Gasteiger partial charge is 0.292 e. The zero-order chi connectivity index (χ0) is 17.6. The molecule has 0 aliphatic heterocycles. The van der Waals surface area contributed by atoms with Crippen LogP contribution in [0.5, 0.6) is 11.5 Å². The Bertz CT molecular complexity index is 966. The van der Waals surface area contributed by atoms with Gasteiger partial charge in [-0.3, -0.25) is 0 Å². The van der Waals surface area contributed by atoms with Crippen LogP contribution in [-0.4, -0.2) is 0 Å². The fourth-order valence-electron chi connectivity index (χ4n) is 2.75. The highest BCUT2D eigenvalue weighted by Crippen LogP contribution is 2.38. The molecule has 25 heavy (non-hydrogen) atoms. The number of nitrogens with zero attached hydrogens (tertiary/aromatic N) is 2. The molecule has 0 amide bonds. The quantitative estimate of drug-likeness (QED) is 0.629. The minimum Gasteiger partial charge on any atom is -0.384 e. The molecule has 4 nitrogen and oxygen atoms in total. The van der Waals surface area contributed by atoms with Crippen molar-refractivity contribution < 1.29 is 9.47 Å². The topological polar surface area (TPSA) is 66.0 Å². The molecule has 3 rings (SSSR count). The van der Waals surface area contributed by atoms with Gasteiger partial charge < -0.3 is 9.47 Å². The highest BCUT2D eigenvalue weighted by Gasteiger charge is 2.15. The molecule has 0 aromatic heterocycles. The second-order valence-corrected chi connectivity index (χ2v) is 5.40. The fourth-order valence-corrected chi connectivity index (χ4v) is 2.75. The molecule has 0 aliphatic rings. The number of benzene rings is 3. The Morgan fingerprint density at radius 3 is 1.92 bits per heavy atom. The van der Waals surface area contributed by atoms with E-state index in [2.05, 4.69) is 24.3 Å². The molecule has 4 heteroatoms. The van der Waals surface area contributed by atoms with E-state index in [0.29, 0.717) is 0 Å². The second-order valence-electron chi connectivity index (χ2n) is 5.40. The molecule has 3 aromatic rings. The lowest BCUT2D eigenvalue weighted by Gasteiger charge is -2.12. The van der Waals surface area contributed by atoms with E-state index in [1.54, 1.807) is 18.6 Å². The normalized spacial score (nSPS) is 9.72. The standard InChI is InChI=1S/C21H14N2O2/c1-15-19(11-12-20(24-13-22)21(15)25-14-23)18-9-7-17(8-10-18)16-5-3-2-4-6-16/h2-12H,1H3. The summed E-state index contributed by atoms with van der Waals surface area (Å²) < 4.78 is 9.87. The van der Waals surface area contributed by atoms with E-state index in [9.17, 15) is 0 Å². The maximum absolute atomic E-state index is 8.85. The van der Waals surface area contributed by atoms with Crippen LogP contribution in [0.15, 0.2) is 66.7 Å². The van der Waals surface area contributed by atoms with Crippen molar-refractivity contribution in [1.29, 1.82) is 10.5 Å². The Labute approximate surface area is 146 Å². The number of nitriles is 2. The predicted octanol–water partition coefficient (Wildman–Crippen LogP) is 5.05. The molecule has 3 aromatic carbocycles. The van der Waals surface area contributed by atoms with Crippen molar-refractivity contribution in [3.63, 3.8) is 0 Å². The minimum absolute atomic E-state index is 0.228. The van der Waals surface area contributed by atoms with Crippen molar-refractivity contribution in [2.45, 2.75) is 6.92 Å². The molecule has 0 radical (unpaired) electrons. The molecule has 0 saturated heterocycles. The van der Waals surface area contributed by atoms with Crippen LogP contribution < -0.4 is 9.47 Å². The van der Waals surface area contributed by atoms with Gasteiger partial charge in [0.25, 0.3) is 12.5 Å². The predicted molar refractivity (Wildman–Crippen MR) is 94.5 cm³/mol. The summed E-state index contributed by atoms with van der Waals surface area (Å²) in [5.41, 5.74) is 4.91. The zero-order valence-electron chi connectivity index (χ0n) is 13.6. The van der Waals surface area contributed by atoms with Gasteiger partial charge in [-0.25, -0.2) is 0 Å². The van der Waals surface area contributed by atoms with Crippen LogP contribution in [0.25, 0.3) is 22.3 Å². The summed E-state index contributed by atoms with van der Waals surface area (Å²) in [5, 5.41) is 17.6. The van der Waals surface area contributed by atoms with Gasteiger partial charge in [-0.05, 0) is 35.2 Å². The fraction of sp³-hybridized carbons (Fsp3) is 0.0476. The zero-order valence-corrected chi connectivity index (χ0v) is 13.6. The molecule has 0 unspecified atom stereocenters. The number of hydrogen-bond acceptors (Lipinski definition) is 4. The van der Waals surface area contributed by atoms with Crippen LogP contribution in [-0.2, 0) is 0 Å². The van der Waals surface area contributed by atoms with E-state index in [1.807, 2.05) is 43.3 Å². The van der Waals surface area contributed by atoms with Crippen molar-refractivity contribution >= 4 is 0 Å². The van der Waals surface area contributed by atoms with Crippen molar-refractivity contribution in [2.75, 3.05) is 0 Å². The molecule has 0 bridgehead atoms. The second kappa shape index (κ2) is 7.21. The number of rotatable bonds is 4. The van der Waals surface area contributed by atoms with Crippen LogP contribution in [0.1, 0.15) is 5.56 Å². The van der Waals surface area contributed by atoms with Gasteiger partial charge in [-0.15, -0.1) is 10.5 Å². The first-order valence-electron chi connectivity index (χ1n) is 7.66. The van der Waals surface area contributed by atoms with Gasteiger partial charge in [0.2, 0.25) is 0 Å². The first-order valence-corrected chi connectivity index (χ1v) is 7.66. The lowest BCUT2D eigenvalue weighted by atomic mass is 9.97. The van der Waals surface area contributed by atoms with Gasteiger partial charge in [0, 0.05) is 5.56 Å². The van der Waals surface area contributed by atoms with Crippen molar-refractivity contribution in [1.82, 2.24) is 0 Å². The van der Waals surface area contributed by atoms with Crippen LogP contribution in [0.4, 0.5) is 0 Å². The Balaban J connectivity index is 2.01. The summed E-state index contributed by atoms with van der Waals surface area (Å²) in [6.07, 6.45) is 3.25. The first kappa shape index (κ1) is 16.1. The Kier molecular flexibility index (Phi) is 4.65. The highest BCUT2D eigenvalue weighted by atomic mass is 16.5. The molecular formula is C21H14N2O2. The largest absolute Gasteiger partial charge is 0.384 e. The SMILES string of the molecule is Cc1c(-c2ccc(-c3ccccc3)cc2)ccc(OC#N)c1OC#N. The molecule has 0 saturated carbocycles. The van der Waals surface area contributed by atoms with Gasteiger partial charge in [0.15, 0.2) is 11.5 Å². The van der Waals surface area contributed by atoms with Crippen LogP contribution in [0.2, 0.25) is 0 Å². The summed E-state index contributed by atoms with van der Waals surface area (Å²) >= 11 is 0. The average molecular weight is 326 g/mol. The molecule has 0 spiro atoms. The maximum Gasteiger partial charge on any atom is 0.292 e. The monoisotopic (exact) mass is 326 g/mol. The van der Waals surface area contributed by atoms with E-state index in [0.717, 1.165) is 27.8 Å². The van der Waals surface area contributed by atoms with Crippen molar-refractivity contribution in [3.05, 3.63) is 72.3 Å². The van der Waals surface area contributed by atoms with Gasteiger partial charge in [-0.2, -0.15) is 0 Å². The van der Waals surface area contributed by atoms with Gasteiger partial charge in [0.1, 0.15) is 0 Å².